The van der Waals surface area contributed by atoms with Crippen molar-refractivity contribution in [3.63, 3.8) is 0 Å². The van der Waals surface area contributed by atoms with E-state index in [1.54, 1.807) is 6.92 Å². The van der Waals surface area contributed by atoms with Crippen LogP contribution in [0.5, 0.6) is 0 Å². The standard InChI is InChI=1S/C34H65N3O6S/c1-23(8-11-30(38)24(2)22-43-44(40,41)42)27-9-10-28-32-29(13-15-34(27,28)4)33(3)14-12-26(20-25(33)21-31(32)39)37-19-7-18-36-17-6-5-16-35/h23-32,36-39H,5-22,35H2,1-4H3,(H,40,41,42)/t23?,24?,25-,26+,27-,28?,29?,30?,31-,32?,33+,34-/m1/s1. The highest BCUT2D eigenvalue weighted by molar-refractivity contribution is 7.80. The van der Waals surface area contributed by atoms with Crippen LogP contribution in [0.3, 0.4) is 0 Å². The number of unbranched alkanes of at least 4 members (excludes halogenated alkanes) is 1. The van der Waals surface area contributed by atoms with Crippen molar-refractivity contribution in [3.05, 3.63) is 0 Å². The van der Waals surface area contributed by atoms with Crippen LogP contribution in [0.25, 0.3) is 0 Å². The molecule has 0 aromatic carbocycles. The van der Waals surface area contributed by atoms with Crippen molar-refractivity contribution in [1.82, 2.24) is 10.6 Å². The van der Waals surface area contributed by atoms with E-state index in [1.807, 2.05) is 0 Å². The van der Waals surface area contributed by atoms with E-state index in [2.05, 4.69) is 35.6 Å². The van der Waals surface area contributed by atoms with E-state index >= 15 is 0 Å². The molecule has 44 heavy (non-hydrogen) atoms. The van der Waals surface area contributed by atoms with Gasteiger partial charge in [0.15, 0.2) is 0 Å². The predicted molar refractivity (Wildman–Crippen MR) is 175 cm³/mol. The van der Waals surface area contributed by atoms with E-state index in [-0.39, 0.29) is 24.0 Å². The average Bonchev–Trinajstić information content (AvgIpc) is 3.33. The molecule has 4 fully saturated rings. The summed E-state index contributed by atoms with van der Waals surface area (Å²) in [5.74, 6) is 2.78. The van der Waals surface area contributed by atoms with Gasteiger partial charge in [0.1, 0.15) is 0 Å². The van der Waals surface area contributed by atoms with Crippen LogP contribution in [0.15, 0.2) is 0 Å². The van der Waals surface area contributed by atoms with E-state index in [0.717, 1.165) is 58.3 Å². The summed E-state index contributed by atoms with van der Waals surface area (Å²) in [7, 11) is -4.50. The molecule has 0 amide bonds. The Hall–Kier alpha value is -0.330. The van der Waals surface area contributed by atoms with Crippen molar-refractivity contribution in [3.8, 4) is 0 Å². The second-order valence-corrected chi connectivity index (χ2v) is 17.0. The molecule has 0 spiro atoms. The highest BCUT2D eigenvalue weighted by Crippen LogP contribution is 2.68. The van der Waals surface area contributed by atoms with E-state index < -0.39 is 16.5 Å². The summed E-state index contributed by atoms with van der Waals surface area (Å²) in [6.45, 7) is 12.9. The SMILES string of the molecule is CC(COS(=O)(=O)O)C(O)CCC(C)[C@H]1CCC2C3C(CC[C@@]21C)[C@@]1(C)CC[C@H](NCCCNCCCCN)C[C@@H]1C[C@H]3O. The van der Waals surface area contributed by atoms with Gasteiger partial charge in [-0.15, -0.1) is 0 Å². The van der Waals surface area contributed by atoms with E-state index in [0.29, 0.717) is 53.4 Å². The lowest BCUT2D eigenvalue weighted by atomic mass is 9.43. The Morgan fingerprint density at radius 1 is 0.932 bits per heavy atom. The van der Waals surface area contributed by atoms with E-state index in [1.165, 1.54) is 44.9 Å². The summed E-state index contributed by atoms with van der Waals surface area (Å²) in [5.41, 5.74) is 6.12. The quantitative estimate of drug-likeness (QED) is 0.0991. The van der Waals surface area contributed by atoms with E-state index in [4.69, 9.17) is 10.3 Å². The van der Waals surface area contributed by atoms with Crippen LogP contribution < -0.4 is 16.4 Å². The first-order valence-electron chi connectivity index (χ1n) is 17.9. The zero-order chi connectivity index (χ0) is 32.1. The molecule has 4 aliphatic rings. The van der Waals surface area contributed by atoms with Crippen LogP contribution in [0, 0.1) is 52.3 Å². The Bertz CT molecular complexity index is 1000. The fraction of sp³-hybridized carbons (Fsp3) is 1.00. The second-order valence-electron chi connectivity index (χ2n) is 15.9. The molecule has 0 aromatic rings. The van der Waals surface area contributed by atoms with Gasteiger partial charge in [0, 0.05) is 12.0 Å². The number of aliphatic hydroxyl groups excluding tert-OH is 2. The van der Waals surface area contributed by atoms with Crippen LogP contribution in [0.4, 0.5) is 0 Å². The Balaban J connectivity index is 1.28. The summed E-state index contributed by atoms with van der Waals surface area (Å²) in [4.78, 5) is 0. The topological polar surface area (TPSA) is 154 Å². The van der Waals surface area contributed by atoms with Crippen molar-refractivity contribution < 1.29 is 27.4 Å². The van der Waals surface area contributed by atoms with Gasteiger partial charge < -0.3 is 26.6 Å². The minimum Gasteiger partial charge on any atom is -0.393 e. The average molecular weight is 644 g/mol. The highest BCUT2D eigenvalue weighted by Gasteiger charge is 2.62. The number of hydrogen-bond acceptors (Lipinski definition) is 8. The van der Waals surface area contributed by atoms with Crippen LogP contribution in [-0.4, -0.2) is 74.2 Å². The molecule has 6 unspecified atom stereocenters. The largest absolute Gasteiger partial charge is 0.397 e. The zero-order valence-electron chi connectivity index (χ0n) is 28.1. The maximum atomic E-state index is 11.8. The van der Waals surface area contributed by atoms with Crippen molar-refractivity contribution in [2.45, 2.75) is 129 Å². The lowest BCUT2D eigenvalue weighted by Gasteiger charge is -2.62. The summed E-state index contributed by atoms with van der Waals surface area (Å²) < 4.78 is 35.2. The van der Waals surface area contributed by atoms with Gasteiger partial charge in [-0.05, 0) is 156 Å². The molecule has 10 heteroatoms. The minimum absolute atomic E-state index is 0.210. The molecule has 0 aromatic heterocycles. The normalized spacial score (nSPS) is 39.2. The molecule has 4 saturated carbocycles. The molecule has 7 N–H and O–H groups in total. The number of nitrogens with two attached hydrogens (primary N) is 1. The smallest absolute Gasteiger partial charge is 0.393 e. The van der Waals surface area contributed by atoms with Gasteiger partial charge in [-0.3, -0.25) is 4.55 Å². The number of aliphatic hydroxyl groups is 2. The molecule has 12 atom stereocenters. The molecule has 0 radical (unpaired) electrons. The molecule has 4 aliphatic carbocycles. The van der Waals surface area contributed by atoms with Crippen molar-refractivity contribution in [1.29, 1.82) is 0 Å². The maximum Gasteiger partial charge on any atom is 0.397 e. The molecular formula is C34H65N3O6S. The summed E-state index contributed by atoms with van der Waals surface area (Å²) >= 11 is 0. The molecule has 0 saturated heterocycles. The third-order valence-electron chi connectivity index (χ3n) is 13.3. The van der Waals surface area contributed by atoms with Gasteiger partial charge in [0.25, 0.3) is 0 Å². The number of rotatable bonds is 17. The zero-order valence-corrected chi connectivity index (χ0v) is 28.9. The summed E-state index contributed by atoms with van der Waals surface area (Å²) in [6, 6.07) is 0.567. The monoisotopic (exact) mass is 643 g/mol. The van der Waals surface area contributed by atoms with Gasteiger partial charge in [-0.2, -0.15) is 8.42 Å². The predicted octanol–water partition coefficient (Wildman–Crippen LogP) is 4.53. The maximum absolute atomic E-state index is 11.8. The molecule has 0 bridgehead atoms. The fourth-order valence-corrected chi connectivity index (χ4v) is 11.0. The molecule has 0 heterocycles. The molecule has 4 rings (SSSR count). The van der Waals surface area contributed by atoms with Crippen LogP contribution in [0.1, 0.15) is 111 Å². The molecular weight excluding hydrogens is 578 g/mol. The molecule has 9 nitrogen and oxygen atoms in total. The summed E-state index contributed by atoms with van der Waals surface area (Å²) in [6.07, 6.45) is 13.4. The Labute approximate surface area is 268 Å². The Morgan fingerprint density at radius 3 is 2.36 bits per heavy atom. The first kappa shape index (κ1) is 36.5. The first-order valence-corrected chi connectivity index (χ1v) is 19.3. The fourth-order valence-electron chi connectivity index (χ4n) is 10.6. The van der Waals surface area contributed by atoms with Crippen molar-refractivity contribution in [2.75, 3.05) is 32.8 Å². The van der Waals surface area contributed by atoms with Gasteiger partial charge in [-0.25, -0.2) is 4.18 Å². The Morgan fingerprint density at radius 2 is 1.64 bits per heavy atom. The molecule has 258 valence electrons. The second kappa shape index (κ2) is 15.7. The first-order chi connectivity index (χ1) is 20.8. The lowest BCUT2D eigenvalue weighted by Crippen LogP contribution is -2.59. The van der Waals surface area contributed by atoms with Gasteiger partial charge >= 0.3 is 10.4 Å². The number of fused-ring (bicyclic) bond motifs is 5. The highest BCUT2D eigenvalue weighted by atomic mass is 32.3. The third kappa shape index (κ3) is 8.57. The van der Waals surface area contributed by atoms with Crippen molar-refractivity contribution in [2.24, 2.45) is 58.0 Å². The lowest BCUT2D eigenvalue weighted by molar-refractivity contribution is -0.167. The van der Waals surface area contributed by atoms with Crippen LogP contribution >= 0.6 is 0 Å². The van der Waals surface area contributed by atoms with Gasteiger partial charge in [0.2, 0.25) is 0 Å². The molecule has 0 aliphatic heterocycles. The minimum atomic E-state index is -4.50. The van der Waals surface area contributed by atoms with Crippen LogP contribution in [-0.2, 0) is 14.6 Å². The third-order valence-corrected chi connectivity index (χ3v) is 13.7. The van der Waals surface area contributed by atoms with E-state index in [9.17, 15) is 18.6 Å². The number of hydrogen-bond donors (Lipinski definition) is 6. The number of nitrogens with one attached hydrogen (secondary N) is 2. The summed E-state index contributed by atoms with van der Waals surface area (Å²) in [5, 5.41) is 29.8. The van der Waals surface area contributed by atoms with Gasteiger partial charge in [0.05, 0.1) is 18.8 Å². The van der Waals surface area contributed by atoms with Crippen molar-refractivity contribution >= 4 is 10.4 Å². The Kier molecular flexibility index (Phi) is 13.0. The van der Waals surface area contributed by atoms with Crippen LogP contribution in [0.2, 0.25) is 0 Å². The van der Waals surface area contributed by atoms with Gasteiger partial charge in [-0.1, -0.05) is 27.7 Å².